The summed E-state index contributed by atoms with van der Waals surface area (Å²) in [5.41, 5.74) is 3.86. The lowest BCUT2D eigenvalue weighted by molar-refractivity contribution is 0.0528. The van der Waals surface area contributed by atoms with Crippen molar-refractivity contribution < 1.29 is 19.1 Å². The number of ether oxygens (including phenoxy) is 2. The van der Waals surface area contributed by atoms with Crippen molar-refractivity contribution >= 4 is 44.0 Å². The van der Waals surface area contributed by atoms with Crippen molar-refractivity contribution in [3.05, 3.63) is 69.0 Å². The van der Waals surface area contributed by atoms with Gasteiger partial charge in [0.05, 0.1) is 24.7 Å². The van der Waals surface area contributed by atoms with Crippen LogP contribution in [0, 0.1) is 6.92 Å². The van der Waals surface area contributed by atoms with Crippen LogP contribution in [0.4, 0.5) is 5.00 Å². The second kappa shape index (κ2) is 9.91. The quantitative estimate of drug-likeness (QED) is 0.313. The van der Waals surface area contributed by atoms with Crippen molar-refractivity contribution in [1.82, 2.24) is 0 Å². The number of aryl methyl sites for hydroxylation is 1. The number of esters is 1. The van der Waals surface area contributed by atoms with Crippen LogP contribution in [-0.2, 0) is 4.74 Å². The first-order valence-electron chi connectivity index (χ1n) is 9.40. The van der Waals surface area contributed by atoms with Crippen molar-refractivity contribution in [3.63, 3.8) is 0 Å². The van der Waals surface area contributed by atoms with Gasteiger partial charge in [-0.05, 0) is 53.5 Å². The van der Waals surface area contributed by atoms with Gasteiger partial charge in [0.25, 0.3) is 0 Å². The number of anilines is 1. The first-order chi connectivity index (χ1) is 14.4. The van der Waals surface area contributed by atoms with E-state index in [1.807, 2.05) is 36.6 Å². The Labute approximate surface area is 188 Å². The zero-order valence-electron chi connectivity index (χ0n) is 17.0. The zero-order valence-corrected chi connectivity index (χ0v) is 19.4. The van der Waals surface area contributed by atoms with Crippen LogP contribution in [0.1, 0.15) is 33.2 Å². The molecular formula is C23H22BrNO4S. The second-order valence-electron chi connectivity index (χ2n) is 6.57. The molecular weight excluding hydrogens is 466 g/mol. The third kappa shape index (κ3) is 4.91. The Bertz CT molecular complexity index is 1060. The van der Waals surface area contributed by atoms with E-state index in [1.165, 1.54) is 11.3 Å². The second-order valence-corrected chi connectivity index (χ2v) is 8.30. The molecule has 7 heteroatoms. The van der Waals surface area contributed by atoms with Crippen LogP contribution in [0.15, 0.2) is 52.3 Å². The van der Waals surface area contributed by atoms with E-state index in [2.05, 4.69) is 21.2 Å². The first-order valence-corrected chi connectivity index (χ1v) is 11.1. The highest BCUT2D eigenvalue weighted by Gasteiger charge is 2.22. The summed E-state index contributed by atoms with van der Waals surface area (Å²) in [5, 5.41) is 5.65. The Balaban J connectivity index is 1.84. The summed E-state index contributed by atoms with van der Waals surface area (Å²) in [4.78, 5) is 25.3. The van der Waals surface area contributed by atoms with Crippen molar-refractivity contribution in [2.75, 3.05) is 25.6 Å². The molecule has 0 aliphatic rings. The monoisotopic (exact) mass is 487 g/mol. The highest BCUT2D eigenvalue weighted by Crippen LogP contribution is 2.36. The lowest BCUT2D eigenvalue weighted by Crippen LogP contribution is -2.16. The fraction of sp³-hybridized carbons (Fsp3) is 0.217. The van der Waals surface area contributed by atoms with E-state index in [0.717, 1.165) is 16.7 Å². The fourth-order valence-electron chi connectivity index (χ4n) is 2.94. The summed E-state index contributed by atoms with van der Waals surface area (Å²) < 4.78 is 11.2. The molecule has 0 aliphatic heterocycles. The minimum Gasteiger partial charge on any atom is -0.496 e. The number of hydrogen-bond acceptors (Lipinski definition) is 6. The van der Waals surface area contributed by atoms with Crippen LogP contribution in [0.2, 0.25) is 0 Å². The molecule has 0 radical (unpaired) electrons. The highest BCUT2D eigenvalue weighted by molar-refractivity contribution is 9.10. The van der Waals surface area contributed by atoms with E-state index < -0.39 is 5.97 Å². The Morgan fingerprint density at radius 1 is 1.13 bits per heavy atom. The number of ketones is 1. The van der Waals surface area contributed by atoms with Gasteiger partial charge >= 0.3 is 5.97 Å². The Morgan fingerprint density at radius 3 is 2.50 bits per heavy atom. The number of benzene rings is 2. The predicted molar refractivity (Wildman–Crippen MR) is 124 cm³/mol. The molecule has 0 atom stereocenters. The number of carbonyl (C=O) groups is 2. The molecule has 0 saturated heterocycles. The van der Waals surface area contributed by atoms with Gasteiger partial charge in [-0.2, -0.15) is 0 Å². The van der Waals surface area contributed by atoms with Crippen molar-refractivity contribution in [2.24, 2.45) is 0 Å². The van der Waals surface area contributed by atoms with E-state index in [1.54, 1.807) is 32.2 Å². The molecule has 156 valence electrons. The fourth-order valence-corrected chi connectivity index (χ4v) is 4.44. The molecule has 0 unspecified atom stereocenters. The lowest BCUT2D eigenvalue weighted by Gasteiger charge is -2.10. The molecule has 1 N–H and O–H groups in total. The molecule has 5 nitrogen and oxygen atoms in total. The van der Waals surface area contributed by atoms with Gasteiger partial charge in [-0.15, -0.1) is 11.3 Å². The number of rotatable bonds is 8. The number of hydrogen-bond donors (Lipinski definition) is 1. The molecule has 3 aromatic rings. The average Bonchev–Trinajstić information content (AvgIpc) is 3.16. The summed E-state index contributed by atoms with van der Waals surface area (Å²) in [6, 6.07) is 13.1. The van der Waals surface area contributed by atoms with Crippen LogP contribution in [-0.4, -0.2) is 32.0 Å². The summed E-state index contributed by atoms with van der Waals surface area (Å²) in [5.74, 6) is 0.153. The summed E-state index contributed by atoms with van der Waals surface area (Å²) in [6.07, 6.45) is 0. The molecule has 0 spiro atoms. The molecule has 0 saturated carbocycles. The summed E-state index contributed by atoms with van der Waals surface area (Å²) in [7, 11) is 1.57. The molecule has 1 aromatic heterocycles. The highest BCUT2D eigenvalue weighted by atomic mass is 79.9. The third-order valence-corrected chi connectivity index (χ3v) is 6.07. The topological polar surface area (TPSA) is 64.6 Å². The van der Waals surface area contributed by atoms with E-state index >= 15 is 0 Å². The number of carbonyl (C=O) groups excluding carboxylic acids is 2. The number of nitrogens with one attached hydrogen (secondary N) is 1. The normalized spacial score (nSPS) is 10.5. The maximum Gasteiger partial charge on any atom is 0.341 e. The van der Waals surface area contributed by atoms with Gasteiger partial charge in [-0.1, -0.05) is 29.8 Å². The summed E-state index contributed by atoms with van der Waals surface area (Å²) in [6.45, 7) is 4.12. The van der Waals surface area contributed by atoms with Crippen LogP contribution in [0.25, 0.3) is 11.1 Å². The molecule has 3 rings (SSSR count). The smallest absolute Gasteiger partial charge is 0.341 e. The third-order valence-electron chi connectivity index (χ3n) is 4.52. The largest absolute Gasteiger partial charge is 0.496 e. The molecule has 0 aliphatic carbocycles. The van der Waals surface area contributed by atoms with Gasteiger partial charge in [-0.3, -0.25) is 4.79 Å². The van der Waals surface area contributed by atoms with Gasteiger partial charge in [0.1, 0.15) is 16.3 Å². The minimum atomic E-state index is -0.406. The molecule has 30 heavy (non-hydrogen) atoms. The van der Waals surface area contributed by atoms with Gasteiger partial charge < -0.3 is 14.8 Å². The van der Waals surface area contributed by atoms with Crippen LogP contribution >= 0.6 is 27.3 Å². The van der Waals surface area contributed by atoms with Gasteiger partial charge in [0.2, 0.25) is 0 Å². The van der Waals surface area contributed by atoms with E-state index in [-0.39, 0.29) is 18.9 Å². The molecule has 0 amide bonds. The van der Waals surface area contributed by atoms with Crippen LogP contribution in [0.3, 0.4) is 0 Å². The van der Waals surface area contributed by atoms with Crippen molar-refractivity contribution in [2.45, 2.75) is 13.8 Å². The van der Waals surface area contributed by atoms with Crippen molar-refractivity contribution in [1.29, 1.82) is 0 Å². The van der Waals surface area contributed by atoms with Crippen LogP contribution in [0.5, 0.6) is 5.75 Å². The maximum atomic E-state index is 12.7. The minimum absolute atomic E-state index is 0.0546. The van der Waals surface area contributed by atoms with E-state index in [9.17, 15) is 9.59 Å². The van der Waals surface area contributed by atoms with Gasteiger partial charge in [-0.25, -0.2) is 4.79 Å². The molecule has 1 heterocycles. The maximum absolute atomic E-state index is 12.7. The van der Waals surface area contributed by atoms with Crippen molar-refractivity contribution in [3.8, 4) is 16.9 Å². The average molecular weight is 488 g/mol. The van der Waals surface area contributed by atoms with Gasteiger partial charge in [0.15, 0.2) is 5.78 Å². The summed E-state index contributed by atoms with van der Waals surface area (Å²) >= 11 is 4.78. The lowest BCUT2D eigenvalue weighted by atomic mass is 10.0. The molecule has 0 fully saturated rings. The van der Waals surface area contributed by atoms with Crippen LogP contribution < -0.4 is 10.1 Å². The standard InChI is InChI=1S/C23H22BrNO4S/c1-4-29-23(27)21-17(15-7-5-14(2)6-8-15)13-30-22(21)25-12-19(26)16-9-10-20(28-3)18(24)11-16/h5-11,13,25H,4,12H2,1-3H3. The molecule has 0 bridgehead atoms. The number of thiophene rings is 1. The Hall–Kier alpha value is -2.64. The van der Waals surface area contributed by atoms with E-state index in [0.29, 0.717) is 26.4 Å². The number of methoxy groups -OCH3 is 1. The first kappa shape index (κ1) is 22.1. The Kier molecular flexibility index (Phi) is 7.29. The predicted octanol–water partition coefficient (Wildman–Crippen LogP) is 5.97. The van der Waals surface area contributed by atoms with Gasteiger partial charge in [0, 0.05) is 16.5 Å². The zero-order chi connectivity index (χ0) is 21.7. The number of Topliss-reactive ketones (excluding diaryl/α,β-unsaturated/α-hetero) is 1. The molecule has 2 aromatic carbocycles. The Morgan fingerprint density at radius 2 is 1.87 bits per heavy atom. The number of halogens is 1. The van der Waals surface area contributed by atoms with E-state index in [4.69, 9.17) is 9.47 Å². The SMILES string of the molecule is CCOC(=O)c1c(-c2ccc(C)cc2)csc1NCC(=O)c1ccc(OC)c(Br)c1.